The minimum absolute atomic E-state index is 0.0324. The zero-order chi connectivity index (χ0) is 14.6. The Morgan fingerprint density at radius 2 is 1.74 bits per heavy atom. The van der Waals surface area contributed by atoms with Gasteiger partial charge in [0.15, 0.2) is 6.61 Å². The van der Waals surface area contributed by atoms with Crippen molar-refractivity contribution in [3.05, 3.63) is 29.3 Å². The van der Waals surface area contributed by atoms with Gasteiger partial charge in [0.1, 0.15) is 5.75 Å². The molecule has 0 aliphatic heterocycles. The van der Waals surface area contributed by atoms with Crippen molar-refractivity contribution in [3.63, 3.8) is 0 Å². The highest BCUT2D eigenvalue weighted by atomic mass is 16.5. The van der Waals surface area contributed by atoms with Crippen molar-refractivity contribution < 1.29 is 9.53 Å². The lowest BCUT2D eigenvalue weighted by Gasteiger charge is -2.30. The first-order chi connectivity index (χ1) is 8.82. The molecule has 0 aliphatic rings. The number of amides is 1. The Balaban J connectivity index is 2.67. The van der Waals surface area contributed by atoms with Crippen molar-refractivity contribution >= 4 is 5.91 Å². The quantitative estimate of drug-likeness (QED) is 0.815. The number of ether oxygens (including phenoxy) is 1. The Morgan fingerprint density at radius 1 is 1.16 bits per heavy atom. The average molecular weight is 263 g/mol. The Labute approximate surface area is 116 Å². The number of carbonyl (C=O) groups excluding carboxylic acids is 1. The van der Waals surface area contributed by atoms with E-state index in [0.717, 1.165) is 11.3 Å². The average Bonchev–Trinajstić information content (AvgIpc) is 2.26. The maximum absolute atomic E-state index is 12.2. The van der Waals surface area contributed by atoms with Crippen LogP contribution < -0.4 is 4.74 Å². The minimum Gasteiger partial charge on any atom is -0.483 e. The summed E-state index contributed by atoms with van der Waals surface area (Å²) in [6.07, 6.45) is 0. The normalized spacial score (nSPS) is 10.9. The van der Waals surface area contributed by atoms with Crippen LogP contribution in [0.2, 0.25) is 0 Å². The molecule has 1 aromatic rings. The topological polar surface area (TPSA) is 29.5 Å². The number of carbonyl (C=O) groups is 1. The van der Waals surface area contributed by atoms with Crippen molar-refractivity contribution in [3.8, 4) is 5.75 Å². The molecule has 0 radical (unpaired) electrons. The highest BCUT2D eigenvalue weighted by molar-refractivity contribution is 5.78. The molecule has 19 heavy (non-hydrogen) atoms. The highest BCUT2D eigenvalue weighted by Crippen LogP contribution is 2.19. The highest BCUT2D eigenvalue weighted by Gasteiger charge is 2.20. The molecule has 1 amide bonds. The largest absolute Gasteiger partial charge is 0.483 e. The van der Waals surface area contributed by atoms with Crippen LogP contribution in [0.5, 0.6) is 5.75 Å². The van der Waals surface area contributed by atoms with Gasteiger partial charge in [-0.15, -0.1) is 0 Å². The first-order valence-corrected chi connectivity index (χ1v) is 6.84. The number of hydrogen-bond acceptors (Lipinski definition) is 2. The van der Waals surface area contributed by atoms with E-state index in [-0.39, 0.29) is 24.6 Å². The molecular weight excluding hydrogens is 238 g/mol. The van der Waals surface area contributed by atoms with Crippen LogP contribution in [0.4, 0.5) is 0 Å². The van der Waals surface area contributed by atoms with Crippen LogP contribution in [-0.4, -0.2) is 29.5 Å². The molecule has 0 aliphatic carbocycles. The van der Waals surface area contributed by atoms with Gasteiger partial charge >= 0.3 is 0 Å². The van der Waals surface area contributed by atoms with E-state index in [1.807, 2.05) is 58.6 Å². The lowest BCUT2D eigenvalue weighted by Crippen LogP contribution is -2.44. The van der Waals surface area contributed by atoms with Crippen LogP contribution in [0.1, 0.15) is 38.8 Å². The van der Waals surface area contributed by atoms with Crippen molar-refractivity contribution in [1.82, 2.24) is 4.90 Å². The zero-order valence-corrected chi connectivity index (χ0v) is 12.9. The third kappa shape index (κ3) is 4.27. The molecule has 1 rings (SSSR count). The van der Waals surface area contributed by atoms with Gasteiger partial charge in [0, 0.05) is 12.1 Å². The van der Waals surface area contributed by atoms with Crippen molar-refractivity contribution in [2.24, 2.45) is 0 Å². The smallest absolute Gasteiger partial charge is 0.260 e. The molecule has 0 atom stereocenters. The maximum Gasteiger partial charge on any atom is 0.260 e. The van der Waals surface area contributed by atoms with Gasteiger partial charge in [-0.3, -0.25) is 4.79 Å². The summed E-state index contributed by atoms with van der Waals surface area (Å²) < 4.78 is 5.64. The van der Waals surface area contributed by atoms with Crippen LogP contribution in [0.25, 0.3) is 0 Å². The number of rotatable bonds is 5. The van der Waals surface area contributed by atoms with Gasteiger partial charge in [0.2, 0.25) is 0 Å². The molecule has 1 aromatic carbocycles. The summed E-state index contributed by atoms with van der Waals surface area (Å²) in [7, 11) is 0. The summed E-state index contributed by atoms with van der Waals surface area (Å²) in [6, 6.07) is 6.36. The zero-order valence-electron chi connectivity index (χ0n) is 12.9. The van der Waals surface area contributed by atoms with Crippen LogP contribution in [0, 0.1) is 13.8 Å². The fourth-order valence-electron chi connectivity index (χ4n) is 2.35. The second-order valence-corrected chi connectivity index (χ2v) is 5.55. The van der Waals surface area contributed by atoms with E-state index in [0.29, 0.717) is 0 Å². The van der Waals surface area contributed by atoms with Crippen LogP contribution in [0.3, 0.4) is 0 Å². The Hall–Kier alpha value is -1.51. The summed E-state index contributed by atoms with van der Waals surface area (Å²) in [5.41, 5.74) is 2.26. The predicted molar refractivity (Wildman–Crippen MR) is 78.5 cm³/mol. The molecule has 0 saturated heterocycles. The molecule has 3 heteroatoms. The maximum atomic E-state index is 12.2. The van der Waals surface area contributed by atoms with E-state index >= 15 is 0 Å². The SMILES string of the molecule is Cc1ccc(OCC(=O)N(C(C)C)C(C)C)c(C)c1. The molecule has 0 unspecified atom stereocenters. The summed E-state index contributed by atoms with van der Waals surface area (Å²) >= 11 is 0. The van der Waals surface area contributed by atoms with Crippen LogP contribution in [-0.2, 0) is 4.79 Å². The third-order valence-corrected chi connectivity index (χ3v) is 3.08. The molecule has 0 bridgehead atoms. The van der Waals surface area contributed by atoms with Crippen LogP contribution >= 0.6 is 0 Å². The second-order valence-electron chi connectivity index (χ2n) is 5.55. The van der Waals surface area contributed by atoms with Gasteiger partial charge in [-0.1, -0.05) is 17.7 Å². The number of nitrogens with zero attached hydrogens (tertiary/aromatic N) is 1. The van der Waals surface area contributed by atoms with E-state index in [1.165, 1.54) is 5.56 Å². The summed E-state index contributed by atoms with van der Waals surface area (Å²) in [5.74, 6) is 0.816. The minimum atomic E-state index is 0.0324. The Kier molecular flexibility index (Phi) is 5.40. The van der Waals surface area contributed by atoms with E-state index in [9.17, 15) is 4.79 Å². The molecule has 0 aromatic heterocycles. The monoisotopic (exact) mass is 263 g/mol. The molecular formula is C16H25NO2. The number of aryl methyl sites for hydroxylation is 2. The Bertz CT molecular complexity index is 430. The first-order valence-electron chi connectivity index (χ1n) is 6.84. The molecule has 0 fully saturated rings. The van der Waals surface area contributed by atoms with Gasteiger partial charge in [-0.05, 0) is 53.2 Å². The fraction of sp³-hybridized carbons (Fsp3) is 0.562. The second kappa shape index (κ2) is 6.60. The van der Waals surface area contributed by atoms with Crippen LogP contribution in [0.15, 0.2) is 18.2 Å². The van der Waals surface area contributed by atoms with Gasteiger partial charge in [-0.2, -0.15) is 0 Å². The standard InChI is InChI=1S/C16H25NO2/c1-11(2)17(12(3)4)16(18)10-19-15-8-7-13(5)9-14(15)6/h7-9,11-12H,10H2,1-6H3. The lowest BCUT2D eigenvalue weighted by molar-refractivity contribution is -0.136. The van der Waals surface area contributed by atoms with Gasteiger partial charge in [0.05, 0.1) is 0 Å². The first kappa shape index (κ1) is 15.5. The van der Waals surface area contributed by atoms with Gasteiger partial charge in [-0.25, -0.2) is 0 Å². The van der Waals surface area contributed by atoms with E-state index in [2.05, 4.69) is 6.07 Å². The lowest BCUT2D eigenvalue weighted by atomic mass is 10.1. The van der Waals surface area contributed by atoms with Crippen molar-refractivity contribution in [1.29, 1.82) is 0 Å². The number of hydrogen-bond donors (Lipinski definition) is 0. The molecule has 0 N–H and O–H groups in total. The van der Waals surface area contributed by atoms with Gasteiger partial charge in [0.25, 0.3) is 5.91 Å². The molecule has 3 nitrogen and oxygen atoms in total. The van der Waals surface area contributed by atoms with E-state index in [1.54, 1.807) is 0 Å². The molecule has 0 heterocycles. The van der Waals surface area contributed by atoms with E-state index in [4.69, 9.17) is 4.74 Å². The van der Waals surface area contributed by atoms with E-state index < -0.39 is 0 Å². The predicted octanol–water partition coefficient (Wildman–Crippen LogP) is 3.33. The summed E-state index contributed by atoms with van der Waals surface area (Å²) in [5, 5.41) is 0. The number of benzene rings is 1. The molecule has 0 spiro atoms. The van der Waals surface area contributed by atoms with Gasteiger partial charge < -0.3 is 9.64 Å². The fourth-order valence-corrected chi connectivity index (χ4v) is 2.35. The summed E-state index contributed by atoms with van der Waals surface area (Å²) in [6.45, 7) is 12.2. The Morgan fingerprint density at radius 3 is 2.21 bits per heavy atom. The van der Waals surface area contributed by atoms with Crippen molar-refractivity contribution in [2.75, 3.05) is 6.61 Å². The molecule has 106 valence electrons. The third-order valence-electron chi connectivity index (χ3n) is 3.08. The van der Waals surface area contributed by atoms with Crippen molar-refractivity contribution in [2.45, 2.75) is 53.6 Å². The molecule has 0 saturated carbocycles. The summed E-state index contributed by atoms with van der Waals surface area (Å²) in [4.78, 5) is 14.0.